The Morgan fingerprint density at radius 3 is 2.83 bits per heavy atom. The Hall–Kier alpha value is -1.56. The van der Waals surface area contributed by atoms with Crippen molar-refractivity contribution < 1.29 is 14.3 Å². The van der Waals surface area contributed by atoms with E-state index in [-0.39, 0.29) is 11.9 Å². The van der Waals surface area contributed by atoms with Crippen LogP contribution in [0.15, 0.2) is 18.2 Å². The minimum Gasteiger partial charge on any atom is -0.493 e. The molecule has 1 amide bonds. The number of carbonyl (C=O) groups is 1. The van der Waals surface area contributed by atoms with E-state index in [0.717, 1.165) is 43.1 Å². The Labute approximate surface area is 142 Å². The molecule has 5 nitrogen and oxygen atoms in total. The summed E-state index contributed by atoms with van der Waals surface area (Å²) in [6, 6.07) is 6.09. The first kappa shape index (κ1) is 17.8. The molecule has 1 aliphatic rings. The van der Waals surface area contributed by atoms with E-state index in [1.54, 1.807) is 26.0 Å². The molecule has 0 bridgehead atoms. The van der Waals surface area contributed by atoms with E-state index < -0.39 is 0 Å². The fourth-order valence-corrected chi connectivity index (χ4v) is 3.21. The Morgan fingerprint density at radius 1 is 1.35 bits per heavy atom. The zero-order valence-corrected chi connectivity index (χ0v) is 14.9. The van der Waals surface area contributed by atoms with Crippen molar-refractivity contribution in [1.29, 1.82) is 0 Å². The molecule has 1 aromatic carbocycles. The highest BCUT2D eigenvalue weighted by atomic mass is 32.2. The van der Waals surface area contributed by atoms with Crippen LogP contribution in [0.1, 0.15) is 19.3 Å². The first-order valence-corrected chi connectivity index (χ1v) is 9.32. The van der Waals surface area contributed by atoms with Gasteiger partial charge in [-0.2, -0.15) is 11.8 Å². The first-order chi connectivity index (χ1) is 11.2. The first-order valence-electron chi connectivity index (χ1n) is 7.93. The van der Waals surface area contributed by atoms with Crippen molar-refractivity contribution in [3.8, 4) is 11.5 Å². The van der Waals surface area contributed by atoms with Crippen molar-refractivity contribution in [2.24, 2.45) is 0 Å². The molecule has 2 rings (SSSR count). The zero-order chi connectivity index (χ0) is 16.7. The number of rotatable bonds is 7. The van der Waals surface area contributed by atoms with Gasteiger partial charge in [-0.3, -0.25) is 4.79 Å². The number of thioether (sulfide) groups is 1. The third-order valence-corrected chi connectivity index (χ3v) is 4.66. The number of hydrogen-bond acceptors (Lipinski definition) is 5. The van der Waals surface area contributed by atoms with E-state index in [2.05, 4.69) is 5.32 Å². The summed E-state index contributed by atoms with van der Waals surface area (Å²) in [5, 5.41) is 3.51. The lowest BCUT2D eigenvalue weighted by molar-refractivity contribution is -0.131. The molecule has 0 aliphatic carbocycles. The number of methoxy groups -OCH3 is 2. The molecule has 1 saturated heterocycles. The molecule has 6 heteroatoms. The summed E-state index contributed by atoms with van der Waals surface area (Å²) in [6.07, 6.45) is 4.77. The average Bonchev–Trinajstić information content (AvgIpc) is 2.59. The molecule has 1 heterocycles. The highest BCUT2D eigenvalue weighted by Crippen LogP contribution is 2.30. The van der Waals surface area contributed by atoms with Crippen LogP contribution in [0, 0.1) is 0 Å². The van der Waals surface area contributed by atoms with Gasteiger partial charge in [0.15, 0.2) is 11.5 Å². The lowest BCUT2D eigenvalue weighted by Gasteiger charge is -2.34. The smallest absolute Gasteiger partial charge is 0.223 e. The molecule has 0 spiro atoms. The van der Waals surface area contributed by atoms with Crippen LogP contribution in [0.5, 0.6) is 11.5 Å². The topological polar surface area (TPSA) is 50.8 Å². The standard InChI is InChI=1S/C17H26N2O3S/c1-21-15-7-6-13(11-16(15)22-2)18-14-5-4-9-19(12-14)17(20)8-10-23-3/h6-7,11,14,18H,4-5,8-10,12H2,1-3H3/t14-/m0/s1. The molecule has 23 heavy (non-hydrogen) atoms. The van der Waals surface area contributed by atoms with Gasteiger partial charge in [-0.15, -0.1) is 0 Å². The van der Waals surface area contributed by atoms with Crippen molar-refractivity contribution in [2.75, 3.05) is 44.6 Å². The van der Waals surface area contributed by atoms with Gasteiger partial charge < -0.3 is 19.7 Å². The summed E-state index contributed by atoms with van der Waals surface area (Å²) in [6.45, 7) is 1.64. The van der Waals surface area contributed by atoms with Gasteiger partial charge >= 0.3 is 0 Å². The minimum absolute atomic E-state index is 0.262. The maximum atomic E-state index is 12.2. The van der Waals surface area contributed by atoms with Crippen LogP contribution in [-0.2, 0) is 4.79 Å². The van der Waals surface area contributed by atoms with Crippen LogP contribution in [0.4, 0.5) is 5.69 Å². The number of nitrogens with one attached hydrogen (secondary N) is 1. The number of ether oxygens (including phenoxy) is 2. The molecule has 0 radical (unpaired) electrons. The van der Waals surface area contributed by atoms with Gasteiger partial charge in [0, 0.05) is 43.1 Å². The lowest BCUT2D eigenvalue weighted by Crippen LogP contribution is -2.45. The fraction of sp³-hybridized carbons (Fsp3) is 0.588. The van der Waals surface area contributed by atoms with Gasteiger partial charge in [0.25, 0.3) is 0 Å². The quantitative estimate of drug-likeness (QED) is 0.828. The molecule has 1 atom stereocenters. The van der Waals surface area contributed by atoms with E-state index in [1.807, 2.05) is 29.4 Å². The molecular weight excluding hydrogens is 312 g/mol. The van der Waals surface area contributed by atoms with Crippen molar-refractivity contribution in [1.82, 2.24) is 4.90 Å². The summed E-state index contributed by atoms with van der Waals surface area (Å²) >= 11 is 1.72. The van der Waals surface area contributed by atoms with E-state index >= 15 is 0 Å². The molecule has 1 aliphatic heterocycles. The molecule has 1 aromatic rings. The molecule has 1 fully saturated rings. The van der Waals surface area contributed by atoms with Crippen LogP contribution < -0.4 is 14.8 Å². The van der Waals surface area contributed by atoms with Crippen LogP contribution in [-0.4, -0.2) is 56.2 Å². The molecule has 0 unspecified atom stereocenters. The van der Waals surface area contributed by atoms with Gasteiger partial charge in [0.1, 0.15) is 0 Å². The number of nitrogens with zero attached hydrogens (tertiary/aromatic N) is 1. The number of amides is 1. The molecule has 128 valence electrons. The van der Waals surface area contributed by atoms with Gasteiger partial charge in [0.05, 0.1) is 14.2 Å². The summed E-state index contributed by atoms with van der Waals surface area (Å²) in [7, 11) is 3.26. The van der Waals surface area contributed by atoms with Crippen molar-refractivity contribution in [3.63, 3.8) is 0 Å². The summed E-state index contributed by atoms with van der Waals surface area (Å²) < 4.78 is 10.6. The number of likely N-dealkylation sites (tertiary alicyclic amines) is 1. The summed E-state index contributed by atoms with van der Waals surface area (Å²) in [5.74, 6) is 2.58. The maximum Gasteiger partial charge on any atom is 0.223 e. The second kappa shape index (κ2) is 8.91. The van der Waals surface area contributed by atoms with E-state index in [1.165, 1.54) is 0 Å². The van der Waals surface area contributed by atoms with Crippen LogP contribution in [0.2, 0.25) is 0 Å². The van der Waals surface area contributed by atoms with Gasteiger partial charge in [-0.1, -0.05) is 0 Å². The van der Waals surface area contributed by atoms with E-state index in [4.69, 9.17) is 9.47 Å². The van der Waals surface area contributed by atoms with Crippen LogP contribution >= 0.6 is 11.8 Å². The molecular formula is C17H26N2O3S. The number of benzene rings is 1. The zero-order valence-electron chi connectivity index (χ0n) is 14.1. The Bertz CT molecular complexity index is 525. The molecule has 1 N–H and O–H groups in total. The van der Waals surface area contributed by atoms with Crippen LogP contribution in [0.3, 0.4) is 0 Å². The maximum absolute atomic E-state index is 12.2. The van der Waals surface area contributed by atoms with Crippen LogP contribution in [0.25, 0.3) is 0 Å². The summed E-state index contributed by atoms with van der Waals surface area (Å²) in [4.78, 5) is 14.2. The number of piperidine rings is 1. The van der Waals surface area contributed by atoms with Gasteiger partial charge in [-0.05, 0) is 31.2 Å². The predicted octanol–water partition coefficient (Wildman–Crippen LogP) is 2.86. The fourth-order valence-electron chi connectivity index (χ4n) is 2.83. The number of carbonyl (C=O) groups excluding carboxylic acids is 1. The Kier molecular flexibility index (Phi) is 6.89. The highest BCUT2D eigenvalue weighted by molar-refractivity contribution is 7.98. The number of anilines is 1. The number of hydrogen-bond donors (Lipinski definition) is 1. The largest absolute Gasteiger partial charge is 0.493 e. The average molecular weight is 338 g/mol. The predicted molar refractivity (Wildman–Crippen MR) is 95.8 cm³/mol. The van der Waals surface area contributed by atoms with Gasteiger partial charge in [0.2, 0.25) is 5.91 Å². The lowest BCUT2D eigenvalue weighted by atomic mass is 10.0. The van der Waals surface area contributed by atoms with Crippen molar-refractivity contribution in [2.45, 2.75) is 25.3 Å². The van der Waals surface area contributed by atoms with Crippen molar-refractivity contribution >= 4 is 23.4 Å². The summed E-state index contributed by atoms with van der Waals surface area (Å²) in [5.41, 5.74) is 0.992. The SMILES string of the molecule is COc1ccc(N[C@H]2CCCN(C(=O)CCSC)C2)cc1OC. The van der Waals surface area contributed by atoms with Crippen molar-refractivity contribution in [3.05, 3.63) is 18.2 Å². The monoisotopic (exact) mass is 338 g/mol. The molecule has 0 aromatic heterocycles. The minimum atomic E-state index is 0.262. The Balaban J connectivity index is 1.95. The van der Waals surface area contributed by atoms with E-state index in [0.29, 0.717) is 12.2 Å². The normalized spacial score (nSPS) is 17.7. The second-order valence-electron chi connectivity index (χ2n) is 5.64. The Morgan fingerprint density at radius 2 is 2.13 bits per heavy atom. The van der Waals surface area contributed by atoms with Gasteiger partial charge in [-0.25, -0.2) is 0 Å². The molecule has 0 saturated carbocycles. The third-order valence-electron chi connectivity index (χ3n) is 4.05. The van der Waals surface area contributed by atoms with E-state index in [9.17, 15) is 4.79 Å². The third kappa shape index (κ3) is 4.96. The second-order valence-corrected chi connectivity index (χ2v) is 6.62. The highest BCUT2D eigenvalue weighted by Gasteiger charge is 2.23.